The molecule has 0 spiro atoms. The number of anilines is 1. The zero-order valence-electron chi connectivity index (χ0n) is 33.6. The van der Waals surface area contributed by atoms with Crippen LogP contribution >= 0.6 is 11.8 Å². The Bertz CT molecular complexity index is 2150. The summed E-state index contributed by atoms with van der Waals surface area (Å²) in [6.45, 7) is 18.4. The van der Waals surface area contributed by atoms with Gasteiger partial charge in [0.1, 0.15) is 0 Å². The summed E-state index contributed by atoms with van der Waals surface area (Å²) < 4.78 is 0. The second-order valence-electron chi connectivity index (χ2n) is 15.6. The Morgan fingerprint density at radius 3 is 2.45 bits per heavy atom. The molecule has 0 saturated heterocycles. The van der Waals surface area contributed by atoms with Gasteiger partial charge in [0, 0.05) is 46.2 Å². The minimum absolute atomic E-state index is 0.397. The van der Waals surface area contributed by atoms with Crippen molar-refractivity contribution in [3.05, 3.63) is 203 Å². The summed E-state index contributed by atoms with van der Waals surface area (Å²) in [6, 6.07) is 22.6. The van der Waals surface area contributed by atoms with Crippen LogP contribution in [0.25, 0.3) is 16.3 Å². The lowest BCUT2D eigenvalue weighted by atomic mass is 9.73. The normalized spacial score (nSPS) is 22.1. The van der Waals surface area contributed by atoms with Crippen molar-refractivity contribution < 1.29 is 0 Å². The highest BCUT2D eigenvalue weighted by Gasteiger charge is 2.38. The van der Waals surface area contributed by atoms with Crippen LogP contribution in [-0.4, -0.2) is 5.25 Å². The van der Waals surface area contributed by atoms with Gasteiger partial charge < -0.3 is 5.32 Å². The molecule has 2 unspecified atom stereocenters. The first-order valence-electron chi connectivity index (χ1n) is 20.3. The molecule has 1 aliphatic heterocycles. The Kier molecular flexibility index (Phi) is 13.9. The van der Waals surface area contributed by atoms with E-state index in [1.807, 2.05) is 17.8 Å². The highest BCUT2D eigenvalue weighted by Crippen LogP contribution is 2.56. The van der Waals surface area contributed by atoms with Gasteiger partial charge in [0.15, 0.2) is 0 Å². The molecule has 0 fully saturated rings. The summed E-state index contributed by atoms with van der Waals surface area (Å²) in [5.41, 5.74) is 12.7. The van der Waals surface area contributed by atoms with E-state index in [1.54, 1.807) is 5.57 Å². The fourth-order valence-corrected chi connectivity index (χ4v) is 9.51. The van der Waals surface area contributed by atoms with Gasteiger partial charge >= 0.3 is 0 Å². The van der Waals surface area contributed by atoms with Gasteiger partial charge in [-0.05, 0) is 101 Å². The van der Waals surface area contributed by atoms with Gasteiger partial charge in [-0.25, -0.2) is 0 Å². The largest absolute Gasteiger partial charge is 0.358 e. The maximum absolute atomic E-state index is 3.94. The number of hydrogen-bond donors (Lipinski definition) is 1. The number of hydrogen-bond acceptors (Lipinski definition) is 2. The predicted molar refractivity (Wildman–Crippen MR) is 246 cm³/mol. The molecule has 3 aromatic carbocycles. The molecule has 3 aromatic rings. The Morgan fingerprint density at radius 2 is 1.67 bits per heavy atom. The fraction of sp³-hybridized carbons (Fsp3) is 0.283. The minimum atomic E-state index is 0.397. The molecule has 1 heterocycles. The third-order valence-electron chi connectivity index (χ3n) is 10.6. The van der Waals surface area contributed by atoms with Gasteiger partial charge in [0.2, 0.25) is 0 Å². The van der Waals surface area contributed by atoms with Gasteiger partial charge in [-0.15, -0.1) is 24.9 Å². The van der Waals surface area contributed by atoms with Crippen LogP contribution in [0, 0.1) is 11.8 Å². The van der Waals surface area contributed by atoms with Gasteiger partial charge in [-0.3, -0.25) is 0 Å². The lowest BCUT2D eigenvalue weighted by molar-refractivity contribution is 0.737. The fourth-order valence-electron chi connectivity index (χ4n) is 8.28. The summed E-state index contributed by atoms with van der Waals surface area (Å²) in [5, 5.41) is 6.85. The van der Waals surface area contributed by atoms with Gasteiger partial charge in [-0.1, -0.05) is 160 Å². The first kappa shape index (κ1) is 39.9. The summed E-state index contributed by atoms with van der Waals surface area (Å²) in [7, 11) is 0. The summed E-state index contributed by atoms with van der Waals surface area (Å²) in [6.07, 6.45) is 36.3. The monoisotopic (exact) mass is 741 g/mol. The van der Waals surface area contributed by atoms with E-state index in [4.69, 9.17) is 0 Å². The van der Waals surface area contributed by atoms with Crippen molar-refractivity contribution in [1.82, 2.24) is 0 Å². The van der Waals surface area contributed by atoms with Crippen molar-refractivity contribution in [3.8, 4) is 0 Å². The maximum atomic E-state index is 3.94. The highest BCUT2D eigenvalue weighted by atomic mass is 32.2. The molecule has 0 radical (unpaired) electrons. The van der Waals surface area contributed by atoms with Crippen LogP contribution < -0.4 is 5.32 Å². The lowest BCUT2D eigenvalue weighted by Crippen LogP contribution is -2.13. The Morgan fingerprint density at radius 1 is 0.891 bits per heavy atom. The van der Waals surface area contributed by atoms with E-state index in [1.165, 1.54) is 60.5 Å². The number of thioether (sulfide) groups is 1. The first-order valence-corrected chi connectivity index (χ1v) is 21.1. The van der Waals surface area contributed by atoms with Crippen molar-refractivity contribution in [1.29, 1.82) is 0 Å². The predicted octanol–water partition coefficient (Wildman–Crippen LogP) is 15.5. The molecule has 55 heavy (non-hydrogen) atoms. The maximum Gasteiger partial charge on any atom is 0.0461 e. The number of fused-ring (bicyclic) bond motifs is 4. The van der Waals surface area contributed by atoms with Crippen molar-refractivity contribution >= 4 is 33.8 Å². The second-order valence-corrected chi connectivity index (χ2v) is 16.9. The molecule has 0 bridgehead atoms. The number of allylic oxidation sites excluding steroid dienone is 18. The molecule has 2 heteroatoms. The molecule has 0 saturated carbocycles. The van der Waals surface area contributed by atoms with Gasteiger partial charge in [-0.2, -0.15) is 0 Å². The van der Waals surface area contributed by atoms with E-state index >= 15 is 0 Å². The van der Waals surface area contributed by atoms with E-state index in [-0.39, 0.29) is 0 Å². The molecular formula is C53H59NS. The lowest BCUT2D eigenvalue weighted by Gasteiger charge is -2.31. The Hall–Kier alpha value is -4.79. The quantitative estimate of drug-likeness (QED) is 0.173. The van der Waals surface area contributed by atoms with Crippen LogP contribution in [0.1, 0.15) is 95.2 Å². The second kappa shape index (κ2) is 19.2. The van der Waals surface area contributed by atoms with E-state index in [0.717, 1.165) is 38.0 Å². The SMILES string of the molecule is C1=CC=C(Nc2ccc(C3CC=C4C5=C3C=CC[C@H]5c3ccccc34)c3ccccc23)CC=C1.C=CCCC1=CC(/C=C(C)/C=C\C)[C@H](C=C)S1.CC(C)C. The molecule has 282 valence electrons. The third kappa shape index (κ3) is 9.54. The van der Waals surface area contributed by atoms with Crippen LogP contribution in [-0.2, 0) is 0 Å². The van der Waals surface area contributed by atoms with Crippen LogP contribution in [0.3, 0.4) is 0 Å². The third-order valence-corrected chi connectivity index (χ3v) is 12.0. The van der Waals surface area contributed by atoms with E-state index in [0.29, 0.717) is 23.0 Å². The average Bonchev–Trinajstić information content (AvgIpc) is 3.62. The van der Waals surface area contributed by atoms with Gasteiger partial charge in [0.25, 0.3) is 0 Å². The standard InChI is InChI=1S/C33H27N.C16H22S.C4H10/c1-2-4-11-22(10-3-1)34-32-21-20-26(23-12-7-8-15-28(23)32)27-18-19-31-25-14-6-5-13-24(25)29-16-9-17-30(27)33(29)31;1-5-8-10-15-12-14(16(7-3)17-15)11-13(4)9-6-2;1-4(2)3/h1-10,12-15,17,19-21,27,29,34H,11,16,18H2;5-7,9,11-12,14,16H,1,3,8,10H2,2,4H3;4H,1-3H3/b;9-6-,13-11+;/t27?,29-;14?,16-;/m00./s1. The smallest absolute Gasteiger partial charge is 0.0461 e. The number of benzene rings is 3. The molecule has 1 N–H and O–H groups in total. The molecule has 4 atom stereocenters. The first-order chi connectivity index (χ1) is 26.8. The van der Waals surface area contributed by atoms with Crippen LogP contribution in [0.4, 0.5) is 5.69 Å². The van der Waals surface area contributed by atoms with Crippen molar-refractivity contribution in [2.45, 2.75) is 83.8 Å². The summed E-state index contributed by atoms with van der Waals surface area (Å²) >= 11 is 1.95. The van der Waals surface area contributed by atoms with Crippen molar-refractivity contribution in [3.63, 3.8) is 0 Å². The number of nitrogens with one attached hydrogen (secondary N) is 1. The topological polar surface area (TPSA) is 12.0 Å². The Balaban J connectivity index is 0.000000207. The molecule has 0 amide bonds. The molecule has 5 aliphatic rings. The molecule has 8 rings (SSSR count). The van der Waals surface area contributed by atoms with Crippen LogP contribution in [0.5, 0.6) is 0 Å². The highest BCUT2D eigenvalue weighted by molar-refractivity contribution is 8.04. The number of rotatable bonds is 9. The summed E-state index contributed by atoms with van der Waals surface area (Å²) in [5.74, 6) is 2.24. The van der Waals surface area contributed by atoms with E-state index in [9.17, 15) is 0 Å². The zero-order valence-corrected chi connectivity index (χ0v) is 34.4. The average molecular weight is 742 g/mol. The van der Waals surface area contributed by atoms with Crippen LogP contribution in [0.2, 0.25) is 0 Å². The molecular weight excluding hydrogens is 683 g/mol. The Labute approximate surface area is 336 Å². The zero-order chi connectivity index (χ0) is 38.7. The van der Waals surface area contributed by atoms with Crippen LogP contribution in [0.15, 0.2) is 186 Å². The van der Waals surface area contributed by atoms with Gasteiger partial charge in [0.05, 0.1) is 0 Å². The summed E-state index contributed by atoms with van der Waals surface area (Å²) in [4.78, 5) is 1.48. The molecule has 4 aliphatic carbocycles. The molecule has 0 aromatic heterocycles. The van der Waals surface area contributed by atoms with Crippen molar-refractivity contribution in [2.75, 3.05) is 5.32 Å². The van der Waals surface area contributed by atoms with Crippen molar-refractivity contribution in [2.24, 2.45) is 11.8 Å². The van der Waals surface area contributed by atoms with E-state index < -0.39 is 0 Å². The van der Waals surface area contributed by atoms with E-state index in [2.05, 4.69) is 193 Å². The molecule has 1 nitrogen and oxygen atoms in total. The minimum Gasteiger partial charge on any atom is -0.358 e.